The highest BCUT2D eigenvalue weighted by atomic mass is 16.2. The summed E-state index contributed by atoms with van der Waals surface area (Å²) in [6, 6.07) is 9.38. The predicted octanol–water partition coefficient (Wildman–Crippen LogP) is 2.76. The second-order valence-corrected chi connectivity index (χ2v) is 5.16. The van der Waals surface area contributed by atoms with Gasteiger partial charge in [-0.1, -0.05) is 12.8 Å². The van der Waals surface area contributed by atoms with Gasteiger partial charge in [0.15, 0.2) is 0 Å². The first kappa shape index (κ1) is 14.4. The zero-order valence-electron chi connectivity index (χ0n) is 11.8. The monoisotopic (exact) mass is 271 g/mol. The summed E-state index contributed by atoms with van der Waals surface area (Å²) in [5, 5.41) is 11.9. The van der Waals surface area contributed by atoms with Crippen LogP contribution in [0.1, 0.15) is 37.7 Å². The van der Waals surface area contributed by atoms with Gasteiger partial charge >= 0.3 is 0 Å². The predicted molar refractivity (Wildman–Crippen MR) is 79.3 cm³/mol. The molecule has 1 heterocycles. The van der Waals surface area contributed by atoms with Crippen molar-refractivity contribution in [3.63, 3.8) is 0 Å². The van der Waals surface area contributed by atoms with Crippen molar-refractivity contribution in [3.05, 3.63) is 29.8 Å². The van der Waals surface area contributed by atoms with Crippen LogP contribution in [0.4, 0.5) is 5.69 Å². The number of nitrogens with zero attached hydrogens (tertiary/aromatic N) is 2. The molecule has 20 heavy (non-hydrogen) atoms. The van der Waals surface area contributed by atoms with Crippen LogP contribution in [0.15, 0.2) is 24.3 Å². The fraction of sp³-hybridized carbons (Fsp3) is 0.500. The quantitative estimate of drug-likeness (QED) is 0.916. The third kappa shape index (κ3) is 4.27. The molecular formula is C16H21N3O. The number of likely N-dealkylation sites (tertiary alicyclic amines) is 1. The molecule has 1 aliphatic rings. The maximum atomic E-state index is 12.1. The van der Waals surface area contributed by atoms with E-state index in [2.05, 4.69) is 11.4 Å². The minimum absolute atomic E-state index is 0.244. The summed E-state index contributed by atoms with van der Waals surface area (Å²) in [5.41, 5.74) is 1.60. The van der Waals surface area contributed by atoms with E-state index in [0.29, 0.717) is 18.5 Å². The van der Waals surface area contributed by atoms with Gasteiger partial charge in [0, 0.05) is 31.7 Å². The van der Waals surface area contributed by atoms with Crippen LogP contribution in [0.25, 0.3) is 0 Å². The highest BCUT2D eigenvalue weighted by molar-refractivity contribution is 5.76. The van der Waals surface area contributed by atoms with Crippen LogP contribution in [0.3, 0.4) is 0 Å². The van der Waals surface area contributed by atoms with Crippen LogP contribution in [-0.2, 0) is 4.79 Å². The molecule has 106 valence electrons. The zero-order chi connectivity index (χ0) is 14.2. The molecule has 4 nitrogen and oxygen atoms in total. The van der Waals surface area contributed by atoms with Gasteiger partial charge < -0.3 is 10.2 Å². The first-order chi connectivity index (χ1) is 9.79. The molecule has 0 saturated carbocycles. The van der Waals surface area contributed by atoms with E-state index < -0.39 is 0 Å². The number of rotatable bonds is 4. The van der Waals surface area contributed by atoms with Crippen molar-refractivity contribution >= 4 is 11.6 Å². The van der Waals surface area contributed by atoms with Gasteiger partial charge in [-0.15, -0.1) is 0 Å². The minimum Gasteiger partial charge on any atom is -0.385 e. The molecule has 0 aliphatic carbocycles. The minimum atomic E-state index is 0.244. The number of hydrogen-bond donors (Lipinski definition) is 1. The third-order valence-electron chi connectivity index (χ3n) is 3.64. The van der Waals surface area contributed by atoms with Crippen molar-refractivity contribution in [2.24, 2.45) is 0 Å². The van der Waals surface area contributed by atoms with Gasteiger partial charge in [0.05, 0.1) is 11.6 Å². The largest absolute Gasteiger partial charge is 0.385 e. The van der Waals surface area contributed by atoms with Crippen LogP contribution in [0.2, 0.25) is 0 Å². The first-order valence-electron chi connectivity index (χ1n) is 7.31. The van der Waals surface area contributed by atoms with Crippen LogP contribution < -0.4 is 5.32 Å². The summed E-state index contributed by atoms with van der Waals surface area (Å²) in [6.07, 6.45) is 5.28. The molecule has 1 aromatic carbocycles. The SMILES string of the molecule is N#Cc1ccc(NCCC(=O)N2CCCCCC2)cc1. The first-order valence-corrected chi connectivity index (χ1v) is 7.31. The summed E-state index contributed by atoms with van der Waals surface area (Å²) in [4.78, 5) is 14.1. The Morgan fingerprint density at radius 3 is 2.40 bits per heavy atom. The average Bonchev–Trinajstić information content (AvgIpc) is 2.77. The average molecular weight is 271 g/mol. The van der Waals surface area contributed by atoms with Gasteiger partial charge in [-0.2, -0.15) is 5.26 Å². The lowest BCUT2D eigenvalue weighted by atomic mass is 10.2. The smallest absolute Gasteiger partial charge is 0.224 e. The van der Waals surface area contributed by atoms with Crippen LogP contribution in [-0.4, -0.2) is 30.4 Å². The van der Waals surface area contributed by atoms with E-state index >= 15 is 0 Å². The highest BCUT2D eigenvalue weighted by Gasteiger charge is 2.14. The van der Waals surface area contributed by atoms with E-state index in [4.69, 9.17) is 5.26 Å². The number of amides is 1. The van der Waals surface area contributed by atoms with Crippen LogP contribution in [0, 0.1) is 11.3 Å². The van der Waals surface area contributed by atoms with Gasteiger partial charge in [-0.3, -0.25) is 4.79 Å². The second-order valence-electron chi connectivity index (χ2n) is 5.16. The number of carbonyl (C=O) groups excluding carboxylic acids is 1. The summed E-state index contributed by atoms with van der Waals surface area (Å²) < 4.78 is 0. The Bertz CT molecular complexity index is 467. The van der Waals surface area contributed by atoms with Gasteiger partial charge in [0.2, 0.25) is 5.91 Å². The van der Waals surface area contributed by atoms with Crippen molar-refractivity contribution in [3.8, 4) is 6.07 Å². The molecule has 2 rings (SSSR count). The molecule has 1 N–H and O–H groups in total. The molecule has 1 amide bonds. The molecule has 0 aromatic heterocycles. The van der Waals surface area contributed by atoms with Crippen molar-refractivity contribution < 1.29 is 4.79 Å². The number of nitrogens with one attached hydrogen (secondary N) is 1. The molecule has 1 aromatic rings. The molecule has 1 saturated heterocycles. The maximum absolute atomic E-state index is 12.1. The van der Waals surface area contributed by atoms with Crippen molar-refractivity contribution in [1.29, 1.82) is 5.26 Å². The number of nitriles is 1. The van der Waals surface area contributed by atoms with E-state index in [1.165, 1.54) is 12.8 Å². The lowest BCUT2D eigenvalue weighted by Crippen LogP contribution is -2.32. The molecule has 1 aliphatic heterocycles. The molecule has 4 heteroatoms. The Labute approximate surface area is 120 Å². The fourth-order valence-electron chi connectivity index (χ4n) is 2.45. The number of hydrogen-bond acceptors (Lipinski definition) is 3. The normalized spacial score (nSPS) is 15.2. The Hall–Kier alpha value is -2.02. The lowest BCUT2D eigenvalue weighted by molar-refractivity contribution is -0.130. The van der Waals surface area contributed by atoms with Crippen molar-refractivity contribution in [2.45, 2.75) is 32.1 Å². The standard InChI is InChI=1S/C16H21N3O/c17-13-14-5-7-15(8-6-14)18-10-9-16(20)19-11-3-1-2-4-12-19/h5-8,18H,1-4,9-12H2. The topological polar surface area (TPSA) is 56.1 Å². The summed E-state index contributed by atoms with van der Waals surface area (Å²) in [7, 11) is 0. The second kappa shape index (κ2) is 7.54. The van der Waals surface area contributed by atoms with Gasteiger partial charge in [0.1, 0.15) is 0 Å². The number of benzene rings is 1. The van der Waals surface area contributed by atoms with E-state index in [1.54, 1.807) is 12.1 Å². The molecule has 1 fully saturated rings. The Kier molecular flexibility index (Phi) is 5.43. The molecule has 0 atom stereocenters. The maximum Gasteiger partial charge on any atom is 0.224 e. The van der Waals surface area contributed by atoms with Gasteiger partial charge in [-0.05, 0) is 37.1 Å². The number of carbonyl (C=O) groups is 1. The van der Waals surface area contributed by atoms with Crippen molar-refractivity contribution in [2.75, 3.05) is 25.0 Å². The van der Waals surface area contributed by atoms with Gasteiger partial charge in [0.25, 0.3) is 0 Å². The van der Waals surface area contributed by atoms with E-state index in [9.17, 15) is 4.79 Å². The molecule has 0 spiro atoms. The molecule has 0 unspecified atom stereocenters. The molecular weight excluding hydrogens is 250 g/mol. The van der Waals surface area contributed by atoms with Crippen LogP contribution in [0.5, 0.6) is 0 Å². The van der Waals surface area contributed by atoms with Gasteiger partial charge in [-0.25, -0.2) is 0 Å². The summed E-state index contributed by atoms with van der Waals surface area (Å²) >= 11 is 0. The Morgan fingerprint density at radius 1 is 1.15 bits per heavy atom. The molecule has 0 radical (unpaired) electrons. The summed E-state index contributed by atoms with van der Waals surface area (Å²) in [6.45, 7) is 2.46. The molecule has 0 bridgehead atoms. The van der Waals surface area contributed by atoms with Crippen molar-refractivity contribution in [1.82, 2.24) is 4.90 Å². The van der Waals surface area contributed by atoms with E-state index in [0.717, 1.165) is 31.6 Å². The highest BCUT2D eigenvalue weighted by Crippen LogP contribution is 2.12. The van der Waals surface area contributed by atoms with Crippen LogP contribution >= 0.6 is 0 Å². The lowest BCUT2D eigenvalue weighted by Gasteiger charge is -2.20. The Balaban J connectivity index is 1.74. The zero-order valence-corrected chi connectivity index (χ0v) is 11.8. The Morgan fingerprint density at radius 2 is 1.80 bits per heavy atom. The third-order valence-corrected chi connectivity index (χ3v) is 3.64. The van der Waals surface area contributed by atoms with E-state index in [-0.39, 0.29) is 5.91 Å². The summed E-state index contributed by atoms with van der Waals surface area (Å²) in [5.74, 6) is 0.244. The van der Waals surface area contributed by atoms with E-state index in [1.807, 2.05) is 17.0 Å². The fourth-order valence-corrected chi connectivity index (χ4v) is 2.45. The number of anilines is 1.